The SMILES string of the molecule is CC(=O)c1ccccc1N=Nc1cc(N=Nc2snc3ncccc23)c(N(C)C)cc1O. The zero-order valence-electron chi connectivity index (χ0n) is 17.6. The molecule has 2 aromatic carbocycles. The van der Waals surface area contributed by atoms with Crippen molar-refractivity contribution in [3.63, 3.8) is 0 Å². The number of benzene rings is 2. The first-order valence-electron chi connectivity index (χ1n) is 9.62. The minimum Gasteiger partial charge on any atom is -0.506 e. The summed E-state index contributed by atoms with van der Waals surface area (Å²) in [6, 6.07) is 13.7. The number of hydrogen-bond donors (Lipinski definition) is 1. The standard InChI is InChI=1S/C22H19N7O2S/c1-13(30)14-7-4-5-9-16(14)24-26-18-11-17(19(29(2)3)12-20(18)31)25-27-22-15-8-6-10-23-21(15)28-32-22/h4-12,31H,1-3H3. The minimum atomic E-state index is -0.118. The first-order chi connectivity index (χ1) is 15.4. The summed E-state index contributed by atoms with van der Waals surface area (Å²) in [5, 5.41) is 29.0. The number of carbonyl (C=O) groups is 1. The number of fused-ring (bicyclic) bond motifs is 1. The molecule has 0 fully saturated rings. The number of aromatic nitrogens is 2. The molecule has 0 spiro atoms. The molecule has 0 saturated carbocycles. The van der Waals surface area contributed by atoms with Crippen LogP contribution in [0.2, 0.25) is 0 Å². The molecule has 0 aliphatic rings. The Balaban J connectivity index is 1.73. The van der Waals surface area contributed by atoms with Gasteiger partial charge in [0.2, 0.25) is 0 Å². The number of nitrogens with zero attached hydrogens (tertiary/aromatic N) is 7. The summed E-state index contributed by atoms with van der Waals surface area (Å²) in [6.07, 6.45) is 1.68. The van der Waals surface area contributed by atoms with Crippen molar-refractivity contribution in [2.45, 2.75) is 6.92 Å². The zero-order chi connectivity index (χ0) is 22.7. The summed E-state index contributed by atoms with van der Waals surface area (Å²) in [5.74, 6) is -0.184. The molecular weight excluding hydrogens is 426 g/mol. The molecule has 10 heteroatoms. The molecule has 160 valence electrons. The second-order valence-electron chi connectivity index (χ2n) is 7.06. The Morgan fingerprint density at radius 3 is 2.50 bits per heavy atom. The van der Waals surface area contributed by atoms with Gasteiger partial charge >= 0.3 is 0 Å². The van der Waals surface area contributed by atoms with Crippen molar-refractivity contribution < 1.29 is 9.90 Å². The van der Waals surface area contributed by atoms with Gasteiger partial charge in [-0.2, -0.15) is 4.37 Å². The van der Waals surface area contributed by atoms with Gasteiger partial charge in [-0.05, 0) is 48.8 Å². The van der Waals surface area contributed by atoms with E-state index in [2.05, 4.69) is 29.8 Å². The third-order valence-electron chi connectivity index (χ3n) is 4.59. The van der Waals surface area contributed by atoms with Crippen LogP contribution in [0.4, 0.5) is 27.8 Å². The maximum Gasteiger partial charge on any atom is 0.175 e. The highest BCUT2D eigenvalue weighted by atomic mass is 32.1. The Kier molecular flexibility index (Phi) is 5.95. The molecule has 2 aromatic heterocycles. The molecule has 32 heavy (non-hydrogen) atoms. The highest BCUT2D eigenvalue weighted by molar-refractivity contribution is 7.11. The quantitative estimate of drug-likeness (QED) is 0.269. The number of pyridine rings is 1. The highest BCUT2D eigenvalue weighted by Gasteiger charge is 2.13. The second-order valence-corrected chi connectivity index (χ2v) is 7.81. The van der Waals surface area contributed by atoms with Gasteiger partial charge in [-0.25, -0.2) is 4.98 Å². The number of carbonyl (C=O) groups excluding carboxylic acids is 1. The van der Waals surface area contributed by atoms with Crippen LogP contribution in [-0.4, -0.2) is 34.3 Å². The predicted octanol–water partition coefficient (Wildman–Crippen LogP) is 6.50. The average molecular weight is 446 g/mol. The molecule has 0 aliphatic carbocycles. The van der Waals surface area contributed by atoms with E-state index in [1.54, 1.807) is 42.6 Å². The molecule has 0 unspecified atom stereocenters. The Morgan fingerprint density at radius 2 is 1.72 bits per heavy atom. The summed E-state index contributed by atoms with van der Waals surface area (Å²) in [5.41, 5.74) is 2.84. The number of phenols is 1. The normalized spacial score (nSPS) is 11.6. The van der Waals surface area contributed by atoms with Gasteiger partial charge < -0.3 is 10.0 Å². The van der Waals surface area contributed by atoms with Crippen molar-refractivity contribution in [2.24, 2.45) is 20.5 Å². The Bertz CT molecular complexity index is 1360. The maximum atomic E-state index is 11.8. The molecule has 0 atom stereocenters. The van der Waals surface area contributed by atoms with E-state index >= 15 is 0 Å². The van der Waals surface area contributed by atoms with E-state index in [0.29, 0.717) is 33.3 Å². The Labute approximate surface area is 188 Å². The molecule has 0 radical (unpaired) electrons. The third-order valence-corrected chi connectivity index (χ3v) is 5.33. The lowest BCUT2D eigenvalue weighted by atomic mass is 10.1. The van der Waals surface area contributed by atoms with Crippen molar-refractivity contribution in [1.82, 2.24) is 9.36 Å². The fourth-order valence-electron chi connectivity index (χ4n) is 2.98. The summed E-state index contributed by atoms with van der Waals surface area (Å²) in [4.78, 5) is 17.8. The van der Waals surface area contributed by atoms with Gasteiger partial charge in [0.15, 0.2) is 16.4 Å². The van der Waals surface area contributed by atoms with Crippen LogP contribution in [-0.2, 0) is 0 Å². The fourth-order valence-corrected chi connectivity index (χ4v) is 3.64. The number of ketones is 1. The van der Waals surface area contributed by atoms with Crippen LogP contribution in [0.1, 0.15) is 17.3 Å². The fraction of sp³-hybridized carbons (Fsp3) is 0.136. The number of Topliss-reactive ketones (excluding diaryl/α,β-unsaturated/α-hetero) is 1. The second kappa shape index (κ2) is 8.98. The van der Waals surface area contributed by atoms with Crippen molar-refractivity contribution in [3.8, 4) is 5.75 Å². The third kappa shape index (κ3) is 4.35. The van der Waals surface area contributed by atoms with Crippen LogP contribution < -0.4 is 4.90 Å². The van der Waals surface area contributed by atoms with E-state index in [1.807, 2.05) is 31.1 Å². The Morgan fingerprint density at radius 1 is 0.969 bits per heavy atom. The number of phenolic OH excluding ortho intramolecular Hbond substituents is 1. The van der Waals surface area contributed by atoms with Crippen molar-refractivity contribution in [2.75, 3.05) is 19.0 Å². The first-order valence-corrected chi connectivity index (χ1v) is 10.4. The van der Waals surface area contributed by atoms with E-state index in [4.69, 9.17) is 0 Å². The molecule has 2 heterocycles. The van der Waals surface area contributed by atoms with E-state index in [-0.39, 0.29) is 17.2 Å². The molecule has 1 N–H and O–H groups in total. The summed E-state index contributed by atoms with van der Waals surface area (Å²) < 4.78 is 4.27. The first kappa shape index (κ1) is 21.2. The van der Waals surface area contributed by atoms with Crippen LogP contribution in [0, 0.1) is 0 Å². The molecule has 0 amide bonds. The predicted molar refractivity (Wildman–Crippen MR) is 125 cm³/mol. The summed E-state index contributed by atoms with van der Waals surface area (Å²) in [7, 11) is 3.67. The van der Waals surface area contributed by atoms with E-state index < -0.39 is 0 Å². The van der Waals surface area contributed by atoms with Gasteiger partial charge in [-0.1, -0.05) is 12.1 Å². The lowest BCUT2D eigenvalue weighted by Gasteiger charge is -2.15. The van der Waals surface area contributed by atoms with Crippen LogP contribution >= 0.6 is 11.5 Å². The maximum absolute atomic E-state index is 11.8. The lowest BCUT2D eigenvalue weighted by molar-refractivity contribution is 0.101. The van der Waals surface area contributed by atoms with Gasteiger partial charge in [-0.3, -0.25) is 4.79 Å². The van der Waals surface area contributed by atoms with Gasteiger partial charge in [0.25, 0.3) is 0 Å². The monoisotopic (exact) mass is 445 g/mol. The molecule has 0 saturated heterocycles. The van der Waals surface area contributed by atoms with Gasteiger partial charge in [0.1, 0.15) is 17.1 Å². The van der Waals surface area contributed by atoms with Crippen LogP contribution in [0.25, 0.3) is 11.0 Å². The summed E-state index contributed by atoms with van der Waals surface area (Å²) >= 11 is 1.21. The van der Waals surface area contributed by atoms with Gasteiger partial charge in [0, 0.05) is 31.9 Å². The van der Waals surface area contributed by atoms with E-state index in [0.717, 1.165) is 5.39 Å². The lowest BCUT2D eigenvalue weighted by Crippen LogP contribution is -2.08. The van der Waals surface area contributed by atoms with Crippen LogP contribution in [0.15, 0.2) is 75.2 Å². The smallest absolute Gasteiger partial charge is 0.175 e. The molecular formula is C22H19N7O2S. The molecule has 0 aliphatic heterocycles. The van der Waals surface area contributed by atoms with Gasteiger partial charge in [0.05, 0.1) is 16.8 Å². The van der Waals surface area contributed by atoms with Crippen LogP contribution in [0.5, 0.6) is 5.75 Å². The number of hydrogen-bond acceptors (Lipinski definition) is 10. The molecule has 0 bridgehead atoms. The largest absolute Gasteiger partial charge is 0.506 e. The summed E-state index contributed by atoms with van der Waals surface area (Å²) in [6.45, 7) is 1.47. The van der Waals surface area contributed by atoms with E-state index in [1.165, 1.54) is 18.5 Å². The number of rotatable bonds is 6. The number of azo groups is 2. The molecule has 4 rings (SSSR count). The zero-order valence-corrected chi connectivity index (χ0v) is 18.4. The average Bonchev–Trinajstić information content (AvgIpc) is 3.20. The number of anilines is 1. The Hall–Kier alpha value is -4.05. The van der Waals surface area contributed by atoms with Crippen LogP contribution in [0.3, 0.4) is 0 Å². The highest BCUT2D eigenvalue weighted by Crippen LogP contribution is 2.41. The molecule has 4 aromatic rings. The van der Waals surface area contributed by atoms with Crippen molar-refractivity contribution in [1.29, 1.82) is 0 Å². The van der Waals surface area contributed by atoms with Crippen molar-refractivity contribution in [3.05, 3.63) is 60.3 Å². The van der Waals surface area contributed by atoms with Gasteiger partial charge in [-0.15, -0.1) is 20.5 Å². The van der Waals surface area contributed by atoms with E-state index in [9.17, 15) is 9.90 Å². The number of aromatic hydroxyl groups is 1. The topological polar surface area (TPSA) is 116 Å². The minimum absolute atomic E-state index is 0.0656. The molecule has 9 nitrogen and oxygen atoms in total. The van der Waals surface area contributed by atoms with Crippen molar-refractivity contribution >= 4 is 56.1 Å².